The Morgan fingerprint density at radius 2 is 1.88 bits per heavy atom. The highest BCUT2D eigenvalue weighted by molar-refractivity contribution is 7.12. The number of hydrogen-bond donors (Lipinski definition) is 0. The Balaban J connectivity index is 1.55. The molecule has 6 rings (SSSR count). The number of ether oxygens (including phenoxy) is 1. The number of thiophene rings is 1. The van der Waals surface area contributed by atoms with Crippen molar-refractivity contribution in [2.75, 3.05) is 0 Å². The van der Waals surface area contributed by atoms with Gasteiger partial charge in [0.2, 0.25) is 11.6 Å². The van der Waals surface area contributed by atoms with Gasteiger partial charge in [-0.2, -0.15) is 5.01 Å². The Morgan fingerprint density at radius 1 is 1.25 bits per heavy atom. The summed E-state index contributed by atoms with van der Waals surface area (Å²) in [5, 5.41) is 8.32. The van der Waals surface area contributed by atoms with E-state index in [4.69, 9.17) is 4.74 Å². The predicted molar refractivity (Wildman–Crippen MR) is 93.5 cm³/mol. The Morgan fingerprint density at radius 3 is 2.38 bits per heavy atom. The predicted octanol–water partition coefficient (Wildman–Crippen LogP) is 4.22. The summed E-state index contributed by atoms with van der Waals surface area (Å²) in [5.41, 5.74) is -0.565. The Labute approximate surface area is 146 Å². The fraction of sp³-hybridized carbons (Fsp3) is 0.684. The van der Waals surface area contributed by atoms with Crippen LogP contribution in [0.4, 0.5) is 0 Å². The second kappa shape index (κ2) is 4.84. The van der Waals surface area contributed by atoms with Crippen LogP contribution in [0.3, 0.4) is 0 Å². The van der Waals surface area contributed by atoms with Crippen molar-refractivity contribution in [1.29, 1.82) is 0 Å². The highest BCUT2D eigenvalue weighted by atomic mass is 32.1. The molecule has 1 atom stereocenters. The van der Waals surface area contributed by atoms with Gasteiger partial charge in [-0.05, 0) is 74.6 Å². The van der Waals surface area contributed by atoms with E-state index < -0.39 is 5.72 Å². The molecule has 4 fully saturated rings. The van der Waals surface area contributed by atoms with Crippen molar-refractivity contribution in [3.05, 3.63) is 22.4 Å². The number of carbonyl (C=O) groups excluding carboxylic acids is 1. The number of hydrogen-bond acceptors (Lipinski definition) is 4. The van der Waals surface area contributed by atoms with Crippen LogP contribution in [0.25, 0.3) is 0 Å². The summed E-state index contributed by atoms with van der Waals surface area (Å²) < 4.78 is 6.52. The zero-order valence-corrected chi connectivity index (χ0v) is 15.1. The van der Waals surface area contributed by atoms with Crippen LogP contribution >= 0.6 is 11.3 Å². The van der Waals surface area contributed by atoms with Crippen LogP contribution in [-0.4, -0.2) is 22.5 Å². The standard InChI is InChI=1S/C19H24N2O2S/c1-12(22)21-18(2,23-17(20-21)16-4-3-5-24-16)19-9-13-6-14(10-19)8-15(7-13)11-19/h3-5,13-15H,6-11H2,1-2H3. The number of amides is 1. The Hall–Kier alpha value is -1.36. The van der Waals surface area contributed by atoms with Crippen molar-refractivity contribution in [3.8, 4) is 0 Å². The van der Waals surface area contributed by atoms with Gasteiger partial charge in [-0.3, -0.25) is 4.79 Å². The van der Waals surface area contributed by atoms with Gasteiger partial charge in [0.05, 0.1) is 4.88 Å². The molecule has 1 aliphatic heterocycles. The SMILES string of the molecule is CC(=O)N1N=C(c2cccs2)OC1(C)C12CC3CC(CC(C3)C1)C2. The molecule has 0 aromatic carbocycles. The van der Waals surface area contributed by atoms with Gasteiger partial charge < -0.3 is 4.74 Å². The molecular formula is C19H24N2O2S. The maximum absolute atomic E-state index is 12.4. The van der Waals surface area contributed by atoms with Crippen LogP contribution in [0, 0.1) is 23.2 Å². The molecule has 1 amide bonds. The molecule has 24 heavy (non-hydrogen) atoms. The van der Waals surface area contributed by atoms with Gasteiger partial charge in [-0.15, -0.1) is 16.4 Å². The van der Waals surface area contributed by atoms with Gasteiger partial charge in [0.1, 0.15) is 0 Å². The van der Waals surface area contributed by atoms with Gasteiger partial charge in [0.15, 0.2) is 0 Å². The molecule has 4 bridgehead atoms. The van der Waals surface area contributed by atoms with E-state index in [-0.39, 0.29) is 11.3 Å². The molecule has 0 spiro atoms. The lowest BCUT2D eigenvalue weighted by atomic mass is 9.47. The maximum atomic E-state index is 12.4. The Kier molecular flexibility index (Phi) is 3.01. The molecule has 128 valence electrons. The number of nitrogens with zero attached hydrogens (tertiary/aromatic N) is 2. The third-order valence-corrected chi connectivity index (χ3v) is 7.80. The van der Waals surface area contributed by atoms with Crippen molar-refractivity contribution < 1.29 is 9.53 Å². The largest absolute Gasteiger partial charge is 0.447 e. The van der Waals surface area contributed by atoms with E-state index in [1.54, 1.807) is 23.3 Å². The van der Waals surface area contributed by atoms with Crippen molar-refractivity contribution in [1.82, 2.24) is 5.01 Å². The van der Waals surface area contributed by atoms with Gasteiger partial charge in [-0.25, -0.2) is 0 Å². The van der Waals surface area contributed by atoms with Crippen LogP contribution < -0.4 is 0 Å². The molecule has 1 aromatic rings. The molecule has 0 radical (unpaired) electrons. The average molecular weight is 344 g/mol. The first-order valence-corrected chi connectivity index (χ1v) is 9.99. The molecule has 5 heteroatoms. The summed E-state index contributed by atoms with van der Waals surface area (Å²) >= 11 is 1.62. The third-order valence-electron chi connectivity index (χ3n) is 6.94. The highest BCUT2D eigenvalue weighted by Gasteiger charge is 2.65. The number of rotatable bonds is 2. The summed E-state index contributed by atoms with van der Waals surface area (Å²) in [7, 11) is 0. The summed E-state index contributed by atoms with van der Waals surface area (Å²) in [4.78, 5) is 13.4. The topological polar surface area (TPSA) is 41.9 Å². The van der Waals surface area contributed by atoms with Crippen LogP contribution in [0.15, 0.2) is 22.6 Å². The van der Waals surface area contributed by atoms with Crippen LogP contribution in [0.5, 0.6) is 0 Å². The van der Waals surface area contributed by atoms with E-state index in [0.717, 1.165) is 22.6 Å². The third kappa shape index (κ3) is 1.91. The quantitative estimate of drug-likeness (QED) is 0.806. The lowest BCUT2D eigenvalue weighted by Crippen LogP contribution is -2.63. The van der Waals surface area contributed by atoms with Gasteiger partial charge >= 0.3 is 0 Å². The van der Waals surface area contributed by atoms with E-state index in [9.17, 15) is 4.79 Å². The Bertz CT molecular complexity index is 676. The van der Waals surface area contributed by atoms with E-state index in [1.165, 1.54) is 38.5 Å². The van der Waals surface area contributed by atoms with E-state index in [2.05, 4.69) is 12.0 Å². The lowest BCUT2D eigenvalue weighted by Gasteiger charge is -2.61. The van der Waals surface area contributed by atoms with E-state index >= 15 is 0 Å². The van der Waals surface area contributed by atoms with Crippen LogP contribution in [0.1, 0.15) is 57.2 Å². The highest BCUT2D eigenvalue weighted by Crippen LogP contribution is 2.65. The minimum absolute atomic E-state index is 0.0141. The molecule has 4 aliphatic carbocycles. The van der Waals surface area contributed by atoms with Gasteiger partial charge in [0.25, 0.3) is 5.90 Å². The van der Waals surface area contributed by atoms with E-state index in [1.807, 2.05) is 17.5 Å². The number of hydrazone groups is 1. The van der Waals surface area contributed by atoms with Crippen molar-refractivity contribution in [2.45, 2.75) is 58.1 Å². The molecule has 4 saturated carbocycles. The first kappa shape index (κ1) is 14.9. The fourth-order valence-electron chi connectivity index (χ4n) is 6.32. The smallest absolute Gasteiger partial charge is 0.251 e. The molecule has 4 nitrogen and oxygen atoms in total. The zero-order valence-electron chi connectivity index (χ0n) is 14.3. The molecule has 0 N–H and O–H groups in total. The monoisotopic (exact) mass is 344 g/mol. The second-order valence-corrected chi connectivity index (χ2v) is 9.44. The van der Waals surface area contributed by atoms with Crippen LogP contribution in [-0.2, 0) is 9.53 Å². The number of carbonyl (C=O) groups is 1. The molecular weight excluding hydrogens is 320 g/mol. The second-order valence-electron chi connectivity index (χ2n) is 8.50. The van der Waals surface area contributed by atoms with Crippen LogP contribution in [0.2, 0.25) is 0 Å². The van der Waals surface area contributed by atoms with Crippen molar-refractivity contribution in [2.24, 2.45) is 28.3 Å². The first-order chi connectivity index (χ1) is 11.5. The molecule has 1 unspecified atom stereocenters. The minimum atomic E-state index is -0.631. The van der Waals surface area contributed by atoms with Crippen molar-refractivity contribution in [3.63, 3.8) is 0 Å². The first-order valence-electron chi connectivity index (χ1n) is 9.11. The summed E-state index contributed by atoms with van der Waals surface area (Å²) in [5.74, 6) is 3.06. The minimum Gasteiger partial charge on any atom is -0.447 e. The van der Waals surface area contributed by atoms with Gasteiger partial charge in [0, 0.05) is 12.3 Å². The van der Waals surface area contributed by atoms with E-state index in [0.29, 0.717) is 5.90 Å². The van der Waals surface area contributed by atoms with Crippen molar-refractivity contribution >= 4 is 23.1 Å². The normalized spacial score (nSPS) is 43.0. The maximum Gasteiger partial charge on any atom is 0.251 e. The molecule has 5 aliphatic rings. The molecule has 0 saturated heterocycles. The average Bonchev–Trinajstić information content (AvgIpc) is 3.13. The van der Waals surface area contributed by atoms with Gasteiger partial charge in [-0.1, -0.05) is 6.07 Å². The zero-order chi connectivity index (χ0) is 16.5. The summed E-state index contributed by atoms with van der Waals surface area (Å²) in [6.45, 7) is 3.73. The summed E-state index contributed by atoms with van der Waals surface area (Å²) in [6, 6.07) is 4.03. The summed E-state index contributed by atoms with van der Waals surface area (Å²) in [6.07, 6.45) is 7.71. The molecule has 1 aromatic heterocycles. The molecule has 2 heterocycles. The lowest BCUT2D eigenvalue weighted by molar-refractivity contribution is -0.216. The fourth-order valence-corrected chi connectivity index (χ4v) is 6.96.